The lowest BCUT2D eigenvalue weighted by atomic mass is 10.1. The number of fused-ring (bicyclic) bond motifs is 1. The molecule has 74 valence electrons. The third-order valence-corrected chi connectivity index (χ3v) is 2.06. The first-order valence-electron chi connectivity index (χ1n) is 4.36. The van der Waals surface area contributed by atoms with Gasteiger partial charge in [0.1, 0.15) is 0 Å². The lowest BCUT2D eigenvalue weighted by Gasteiger charge is -2.12. The molecule has 1 aromatic carbocycles. The zero-order valence-corrected chi connectivity index (χ0v) is 7.98. The normalized spacial score (nSPS) is 14.0. The first-order valence-corrected chi connectivity index (χ1v) is 4.36. The lowest BCUT2D eigenvalue weighted by Crippen LogP contribution is -2.45. The topological polar surface area (TPSA) is 66.5 Å². The van der Waals surface area contributed by atoms with Crippen molar-refractivity contribution >= 4 is 25.5 Å². The highest BCUT2D eigenvalue weighted by atomic mass is 16.2. The summed E-state index contributed by atoms with van der Waals surface area (Å²) >= 11 is 0. The second kappa shape index (κ2) is 3.23. The molecule has 0 spiro atoms. The SMILES string of the molecule is BC(=O)NN1C(=O)c2ccccc2C1=O. The summed E-state index contributed by atoms with van der Waals surface area (Å²) < 4.78 is 0. The average molecular weight is 202 g/mol. The van der Waals surface area contributed by atoms with E-state index >= 15 is 0 Å². The Morgan fingerprint density at radius 1 is 1.13 bits per heavy atom. The molecular formula is C9H7BN2O3. The van der Waals surface area contributed by atoms with Gasteiger partial charge in [0.2, 0.25) is 7.85 Å². The van der Waals surface area contributed by atoms with Gasteiger partial charge in [-0.3, -0.25) is 19.8 Å². The summed E-state index contributed by atoms with van der Waals surface area (Å²) in [5.74, 6) is -1.44. The Bertz CT molecular complexity index is 437. The minimum atomic E-state index is -0.495. The number of hydrogen-bond acceptors (Lipinski definition) is 3. The van der Waals surface area contributed by atoms with Crippen molar-refractivity contribution in [1.82, 2.24) is 10.4 Å². The van der Waals surface area contributed by atoms with Gasteiger partial charge in [0.15, 0.2) is 5.81 Å². The molecule has 1 N–H and O–H groups in total. The standard InChI is InChI=1S/C9H7BN2O3/c10-9(15)11-12-7(13)5-3-1-2-4-6(5)8(12)14/h1-4H,10H2,(H,11,15). The molecule has 1 aliphatic rings. The molecule has 3 amide bonds. The number of benzene rings is 1. The van der Waals surface area contributed by atoms with Gasteiger partial charge in [-0.15, -0.1) is 0 Å². The van der Waals surface area contributed by atoms with Crippen LogP contribution in [0.3, 0.4) is 0 Å². The second-order valence-electron chi connectivity index (χ2n) is 3.16. The Kier molecular flexibility index (Phi) is 2.04. The summed E-state index contributed by atoms with van der Waals surface area (Å²) in [4.78, 5) is 34.1. The monoisotopic (exact) mass is 202 g/mol. The summed E-state index contributed by atoms with van der Waals surface area (Å²) in [7, 11) is 1.24. The maximum atomic E-state index is 11.6. The van der Waals surface area contributed by atoms with Crippen LogP contribution in [0.1, 0.15) is 20.7 Å². The fourth-order valence-electron chi connectivity index (χ4n) is 1.45. The fraction of sp³-hybridized carbons (Fsp3) is 0. The van der Waals surface area contributed by atoms with Gasteiger partial charge in [-0.05, 0) is 12.1 Å². The fourth-order valence-corrected chi connectivity index (χ4v) is 1.45. The number of hydrazine groups is 1. The number of carbonyl (C=O) groups is 3. The Labute approximate surface area is 86.4 Å². The first kappa shape index (κ1) is 9.45. The lowest BCUT2D eigenvalue weighted by molar-refractivity contribution is 0.0596. The molecule has 2 rings (SSSR count). The van der Waals surface area contributed by atoms with Crippen LogP contribution in [0, 0.1) is 0 Å². The van der Waals surface area contributed by atoms with Crippen molar-refractivity contribution in [3.63, 3.8) is 0 Å². The summed E-state index contributed by atoms with van der Waals surface area (Å²) in [6.45, 7) is 0. The highest BCUT2D eigenvalue weighted by Crippen LogP contribution is 2.20. The molecule has 0 saturated carbocycles. The van der Waals surface area contributed by atoms with Gasteiger partial charge in [0.05, 0.1) is 11.1 Å². The quantitative estimate of drug-likeness (QED) is 0.494. The predicted molar refractivity (Wildman–Crippen MR) is 54.0 cm³/mol. The summed E-state index contributed by atoms with van der Waals surface area (Å²) in [5.41, 5.74) is 2.82. The molecule has 1 aromatic rings. The Balaban J connectivity index is 2.41. The third kappa shape index (κ3) is 1.39. The molecule has 0 aromatic heterocycles. The van der Waals surface area contributed by atoms with Crippen LogP contribution in [0.4, 0.5) is 4.79 Å². The van der Waals surface area contributed by atoms with Crippen molar-refractivity contribution in [3.8, 4) is 0 Å². The molecule has 0 saturated heterocycles. The Hall–Kier alpha value is -2.11. The van der Waals surface area contributed by atoms with Crippen LogP contribution in [0.5, 0.6) is 0 Å². The van der Waals surface area contributed by atoms with E-state index in [1.54, 1.807) is 24.3 Å². The zero-order valence-electron chi connectivity index (χ0n) is 7.98. The highest BCUT2D eigenvalue weighted by molar-refractivity contribution is 6.57. The number of imide groups is 1. The molecule has 0 radical (unpaired) electrons. The van der Waals surface area contributed by atoms with Gasteiger partial charge in [0, 0.05) is 0 Å². The van der Waals surface area contributed by atoms with Gasteiger partial charge in [-0.2, -0.15) is 5.01 Å². The van der Waals surface area contributed by atoms with E-state index in [9.17, 15) is 14.4 Å². The van der Waals surface area contributed by atoms with E-state index in [4.69, 9.17) is 0 Å². The van der Waals surface area contributed by atoms with E-state index < -0.39 is 17.6 Å². The van der Waals surface area contributed by atoms with Gasteiger partial charge < -0.3 is 0 Å². The van der Waals surface area contributed by atoms with Gasteiger partial charge >= 0.3 is 0 Å². The molecule has 0 unspecified atom stereocenters. The van der Waals surface area contributed by atoms with E-state index in [-0.39, 0.29) is 0 Å². The van der Waals surface area contributed by atoms with Crippen LogP contribution in [0.25, 0.3) is 0 Å². The molecule has 5 nitrogen and oxygen atoms in total. The molecule has 15 heavy (non-hydrogen) atoms. The van der Waals surface area contributed by atoms with Crippen molar-refractivity contribution in [2.24, 2.45) is 0 Å². The van der Waals surface area contributed by atoms with Crippen LogP contribution in [-0.4, -0.2) is 30.5 Å². The van der Waals surface area contributed by atoms with Crippen LogP contribution in [0.2, 0.25) is 0 Å². The molecule has 1 aliphatic heterocycles. The second-order valence-corrected chi connectivity index (χ2v) is 3.16. The number of hydrogen-bond donors (Lipinski definition) is 1. The van der Waals surface area contributed by atoms with Crippen LogP contribution < -0.4 is 5.43 Å². The van der Waals surface area contributed by atoms with Crippen LogP contribution >= 0.6 is 0 Å². The van der Waals surface area contributed by atoms with Crippen molar-refractivity contribution in [3.05, 3.63) is 35.4 Å². The molecule has 0 atom stereocenters. The van der Waals surface area contributed by atoms with Crippen LogP contribution in [0.15, 0.2) is 24.3 Å². The smallest absolute Gasteiger partial charge is 0.280 e. The van der Waals surface area contributed by atoms with Crippen molar-refractivity contribution in [1.29, 1.82) is 0 Å². The number of amides is 3. The summed E-state index contributed by atoms with van der Waals surface area (Å²) in [5, 5.41) is 0.729. The maximum absolute atomic E-state index is 11.6. The molecule has 0 bridgehead atoms. The number of carbonyl (C=O) groups excluding carboxylic acids is 3. The molecule has 0 aliphatic carbocycles. The predicted octanol–water partition coefficient (Wildman–Crippen LogP) is -0.460. The highest BCUT2D eigenvalue weighted by Gasteiger charge is 2.35. The average Bonchev–Trinajstić information content (AvgIpc) is 2.44. The molecule has 0 fully saturated rings. The van der Waals surface area contributed by atoms with E-state index in [1.807, 2.05) is 0 Å². The molecular weight excluding hydrogens is 195 g/mol. The molecule has 1 heterocycles. The summed E-state index contributed by atoms with van der Waals surface area (Å²) in [6, 6.07) is 6.44. The number of rotatable bonds is 1. The minimum Gasteiger partial charge on any atom is -0.287 e. The van der Waals surface area contributed by atoms with Gasteiger partial charge in [-0.25, -0.2) is 0 Å². The van der Waals surface area contributed by atoms with Crippen molar-refractivity contribution in [2.45, 2.75) is 0 Å². The zero-order chi connectivity index (χ0) is 11.0. The maximum Gasteiger partial charge on any atom is 0.280 e. The minimum absolute atomic E-state index is 0.316. The van der Waals surface area contributed by atoms with E-state index in [1.165, 1.54) is 7.85 Å². The van der Waals surface area contributed by atoms with Crippen LogP contribution in [-0.2, 0) is 0 Å². The van der Waals surface area contributed by atoms with Gasteiger partial charge in [0.25, 0.3) is 11.8 Å². The van der Waals surface area contributed by atoms with E-state index in [2.05, 4.69) is 5.43 Å². The largest absolute Gasteiger partial charge is 0.287 e. The van der Waals surface area contributed by atoms with E-state index in [0.717, 1.165) is 5.01 Å². The summed E-state index contributed by atoms with van der Waals surface area (Å²) in [6.07, 6.45) is 0. The third-order valence-electron chi connectivity index (χ3n) is 2.06. The van der Waals surface area contributed by atoms with Gasteiger partial charge in [-0.1, -0.05) is 12.1 Å². The molecule has 6 heteroatoms. The number of nitrogens with one attached hydrogen (secondary N) is 1. The van der Waals surface area contributed by atoms with Crippen molar-refractivity contribution < 1.29 is 14.4 Å². The Morgan fingerprint density at radius 2 is 1.60 bits per heavy atom. The first-order chi connectivity index (χ1) is 7.11. The number of nitrogens with zero attached hydrogens (tertiary/aromatic N) is 1. The van der Waals surface area contributed by atoms with E-state index in [0.29, 0.717) is 11.1 Å². The van der Waals surface area contributed by atoms with Crippen molar-refractivity contribution in [2.75, 3.05) is 0 Å². The Morgan fingerprint density at radius 3 is 2.00 bits per heavy atom.